The van der Waals surface area contributed by atoms with Gasteiger partial charge in [-0.3, -0.25) is 15.2 Å². The van der Waals surface area contributed by atoms with Gasteiger partial charge < -0.3 is 15.0 Å². The number of hydrogen-bond donors (Lipinski definition) is 3. The van der Waals surface area contributed by atoms with Gasteiger partial charge in [0.25, 0.3) is 0 Å². The molecule has 1 rings (SSSR count). The van der Waals surface area contributed by atoms with Gasteiger partial charge in [-0.25, -0.2) is 5.84 Å². The summed E-state index contributed by atoms with van der Waals surface area (Å²) in [6, 6.07) is 0. The number of nitrogens with zero attached hydrogens (tertiary/aromatic N) is 2. The van der Waals surface area contributed by atoms with Crippen LogP contribution in [0.25, 0.3) is 0 Å². The van der Waals surface area contributed by atoms with E-state index in [-0.39, 0.29) is 5.91 Å². The number of hydrazine groups is 1. The predicted octanol–water partition coefficient (Wildman–Crippen LogP) is -1.73. The molecule has 0 aromatic carbocycles. The number of hydrogen-bond acceptors (Lipinski definition) is 4. The van der Waals surface area contributed by atoms with Crippen LogP contribution in [-0.2, 0) is 9.53 Å². The van der Waals surface area contributed by atoms with Gasteiger partial charge in [-0.05, 0) is 0 Å². The molecule has 0 radical (unpaired) electrons. The van der Waals surface area contributed by atoms with Crippen LogP contribution in [0.4, 0.5) is 0 Å². The molecule has 7 heteroatoms. The van der Waals surface area contributed by atoms with E-state index in [1.54, 1.807) is 7.05 Å². The van der Waals surface area contributed by atoms with Crippen molar-refractivity contribution in [3.8, 4) is 0 Å². The van der Waals surface area contributed by atoms with E-state index in [0.29, 0.717) is 45.2 Å². The van der Waals surface area contributed by atoms with Crippen LogP contribution in [0.1, 0.15) is 6.42 Å². The second-order valence-electron chi connectivity index (χ2n) is 3.39. The third kappa shape index (κ3) is 4.03. The molecule has 4 N–H and O–H groups in total. The molecule has 0 aromatic heterocycles. The van der Waals surface area contributed by atoms with Gasteiger partial charge in [0.2, 0.25) is 11.9 Å². The normalized spacial score (nSPS) is 17.1. The molecule has 1 heterocycles. The summed E-state index contributed by atoms with van der Waals surface area (Å²) in [6.07, 6.45) is 0.431. The summed E-state index contributed by atoms with van der Waals surface area (Å²) in [5.74, 6) is 5.80. The van der Waals surface area contributed by atoms with Crippen LogP contribution in [0.2, 0.25) is 0 Å². The minimum absolute atomic E-state index is 0.128. The smallest absolute Gasteiger partial charge is 0.224 e. The minimum Gasteiger partial charge on any atom is -0.378 e. The van der Waals surface area contributed by atoms with Crippen LogP contribution >= 0.6 is 0 Å². The van der Waals surface area contributed by atoms with Gasteiger partial charge in [0.1, 0.15) is 0 Å². The van der Waals surface area contributed by atoms with E-state index in [0.717, 1.165) is 0 Å². The first-order valence-corrected chi connectivity index (χ1v) is 5.30. The first kappa shape index (κ1) is 12.7. The second kappa shape index (κ2) is 7.02. The molecule has 0 atom stereocenters. The standard InChI is InChI=1S/C9H19N5O2/c1-11-9(13-10)12-3-2-8(15)14-4-6-16-7-5-14/h2-7,10H2,1H3,(H2,11,12,13). The zero-order valence-electron chi connectivity index (χ0n) is 9.53. The van der Waals surface area contributed by atoms with E-state index in [4.69, 9.17) is 10.6 Å². The minimum atomic E-state index is 0.128. The molecule has 1 aliphatic heterocycles. The number of nitrogens with one attached hydrogen (secondary N) is 2. The van der Waals surface area contributed by atoms with Crippen molar-refractivity contribution in [3.05, 3.63) is 0 Å². The van der Waals surface area contributed by atoms with Gasteiger partial charge in [0.15, 0.2) is 0 Å². The summed E-state index contributed by atoms with van der Waals surface area (Å²) in [6.45, 7) is 3.15. The number of guanidine groups is 1. The van der Waals surface area contributed by atoms with E-state index in [1.807, 2.05) is 4.90 Å². The molecule has 1 aliphatic rings. The van der Waals surface area contributed by atoms with Crippen LogP contribution in [0.3, 0.4) is 0 Å². The maximum absolute atomic E-state index is 11.7. The highest BCUT2D eigenvalue weighted by molar-refractivity contribution is 5.80. The molecule has 1 amide bonds. The predicted molar refractivity (Wildman–Crippen MR) is 60.7 cm³/mol. The number of morpholine rings is 1. The molecule has 16 heavy (non-hydrogen) atoms. The summed E-state index contributed by atoms with van der Waals surface area (Å²) in [4.78, 5) is 17.3. The maximum Gasteiger partial charge on any atom is 0.224 e. The SMILES string of the molecule is CN=C(NN)NCCC(=O)N1CCOCC1. The Morgan fingerprint density at radius 1 is 1.50 bits per heavy atom. The van der Waals surface area contributed by atoms with Crippen molar-refractivity contribution < 1.29 is 9.53 Å². The number of carbonyl (C=O) groups excluding carboxylic acids is 1. The number of aliphatic imine (C=N–C) groups is 1. The second-order valence-corrected chi connectivity index (χ2v) is 3.39. The van der Waals surface area contributed by atoms with Gasteiger partial charge in [-0.1, -0.05) is 0 Å². The molecule has 0 unspecified atom stereocenters. The Morgan fingerprint density at radius 3 is 2.75 bits per heavy atom. The average molecular weight is 229 g/mol. The van der Waals surface area contributed by atoms with E-state index in [1.165, 1.54) is 0 Å². The van der Waals surface area contributed by atoms with Crippen molar-refractivity contribution in [2.75, 3.05) is 39.9 Å². The summed E-state index contributed by atoms with van der Waals surface area (Å²) in [5.41, 5.74) is 2.40. The number of carbonyl (C=O) groups is 1. The fourth-order valence-corrected chi connectivity index (χ4v) is 1.45. The monoisotopic (exact) mass is 229 g/mol. The summed E-state index contributed by atoms with van der Waals surface area (Å²) in [5, 5.41) is 2.92. The molecule has 92 valence electrons. The molecule has 0 spiro atoms. The third-order valence-corrected chi connectivity index (χ3v) is 2.36. The Labute approximate surface area is 95.0 Å². The summed E-state index contributed by atoms with van der Waals surface area (Å²) < 4.78 is 5.17. The van der Waals surface area contributed by atoms with Gasteiger partial charge in [-0.2, -0.15) is 0 Å². The summed E-state index contributed by atoms with van der Waals surface area (Å²) in [7, 11) is 1.62. The summed E-state index contributed by atoms with van der Waals surface area (Å²) >= 11 is 0. The Hall–Kier alpha value is -1.34. The molecular weight excluding hydrogens is 210 g/mol. The highest BCUT2D eigenvalue weighted by Crippen LogP contribution is 1.99. The van der Waals surface area contributed by atoms with Crippen LogP contribution in [0, 0.1) is 0 Å². The van der Waals surface area contributed by atoms with Crippen LogP contribution in [-0.4, -0.2) is 56.7 Å². The van der Waals surface area contributed by atoms with Crippen molar-refractivity contribution >= 4 is 11.9 Å². The first-order valence-electron chi connectivity index (χ1n) is 5.30. The van der Waals surface area contributed by atoms with Crippen molar-refractivity contribution in [1.82, 2.24) is 15.6 Å². The molecule has 7 nitrogen and oxygen atoms in total. The van der Waals surface area contributed by atoms with Crippen LogP contribution < -0.4 is 16.6 Å². The maximum atomic E-state index is 11.7. The Bertz CT molecular complexity index is 250. The first-order chi connectivity index (χ1) is 7.77. The highest BCUT2D eigenvalue weighted by atomic mass is 16.5. The number of nitrogens with two attached hydrogens (primary N) is 1. The fraction of sp³-hybridized carbons (Fsp3) is 0.778. The van der Waals surface area contributed by atoms with E-state index < -0.39 is 0 Å². The Balaban J connectivity index is 2.19. The van der Waals surface area contributed by atoms with E-state index in [2.05, 4.69) is 15.7 Å². The molecule has 0 aromatic rings. The molecular formula is C9H19N5O2. The molecule has 0 aliphatic carbocycles. The quantitative estimate of drug-likeness (QED) is 0.231. The van der Waals surface area contributed by atoms with Crippen molar-refractivity contribution in [3.63, 3.8) is 0 Å². The topological polar surface area (TPSA) is 92.0 Å². The lowest BCUT2D eigenvalue weighted by atomic mass is 10.3. The zero-order valence-corrected chi connectivity index (χ0v) is 9.53. The van der Waals surface area contributed by atoms with Gasteiger partial charge in [0.05, 0.1) is 13.2 Å². The Morgan fingerprint density at radius 2 is 2.19 bits per heavy atom. The van der Waals surface area contributed by atoms with Crippen molar-refractivity contribution in [2.24, 2.45) is 10.8 Å². The van der Waals surface area contributed by atoms with Crippen molar-refractivity contribution in [2.45, 2.75) is 6.42 Å². The van der Waals surface area contributed by atoms with E-state index in [9.17, 15) is 4.79 Å². The number of amides is 1. The fourth-order valence-electron chi connectivity index (χ4n) is 1.45. The third-order valence-electron chi connectivity index (χ3n) is 2.36. The average Bonchev–Trinajstić information content (AvgIpc) is 2.35. The Kier molecular flexibility index (Phi) is 5.58. The largest absolute Gasteiger partial charge is 0.378 e. The zero-order chi connectivity index (χ0) is 11.8. The molecule has 0 saturated carbocycles. The lowest BCUT2D eigenvalue weighted by Crippen LogP contribution is -2.44. The van der Waals surface area contributed by atoms with Gasteiger partial charge >= 0.3 is 0 Å². The lowest BCUT2D eigenvalue weighted by Gasteiger charge is -2.26. The van der Waals surface area contributed by atoms with Crippen molar-refractivity contribution in [1.29, 1.82) is 0 Å². The molecule has 1 saturated heterocycles. The molecule has 1 fully saturated rings. The lowest BCUT2D eigenvalue weighted by molar-refractivity contribution is -0.135. The van der Waals surface area contributed by atoms with Gasteiger partial charge in [-0.15, -0.1) is 0 Å². The van der Waals surface area contributed by atoms with Crippen LogP contribution in [0.5, 0.6) is 0 Å². The van der Waals surface area contributed by atoms with E-state index >= 15 is 0 Å². The highest BCUT2D eigenvalue weighted by Gasteiger charge is 2.15. The number of ether oxygens (including phenoxy) is 1. The van der Waals surface area contributed by atoms with Crippen LogP contribution in [0.15, 0.2) is 4.99 Å². The van der Waals surface area contributed by atoms with Gasteiger partial charge in [0, 0.05) is 33.1 Å². The number of rotatable bonds is 3. The molecule has 0 bridgehead atoms.